The van der Waals surface area contributed by atoms with Crippen LogP contribution in [0.4, 0.5) is 0 Å². The molecule has 2 fully saturated rings. The molecule has 2 rings (SSSR count). The monoisotopic (exact) mass is 192 g/mol. The maximum atomic E-state index is 6.01. The molecule has 0 aromatic heterocycles. The van der Waals surface area contributed by atoms with Crippen LogP contribution in [0.5, 0.6) is 0 Å². The van der Waals surface area contributed by atoms with E-state index in [0.717, 1.165) is 19.6 Å². The summed E-state index contributed by atoms with van der Waals surface area (Å²) >= 11 is 4.06. The van der Waals surface area contributed by atoms with Gasteiger partial charge in [0.05, 0.1) is 16.7 Å². The van der Waals surface area contributed by atoms with Gasteiger partial charge < -0.3 is 10.5 Å². The molecule has 2 heterocycles. The summed E-state index contributed by atoms with van der Waals surface area (Å²) in [5, 5.41) is 0. The van der Waals surface area contributed by atoms with Gasteiger partial charge >= 0.3 is 0 Å². The van der Waals surface area contributed by atoms with Gasteiger partial charge in [-0.3, -0.25) is 0 Å². The van der Waals surface area contributed by atoms with Gasteiger partial charge in [-0.1, -0.05) is 0 Å². The van der Waals surface area contributed by atoms with Crippen LogP contribution in [0.25, 0.3) is 0 Å². The highest BCUT2D eigenvalue weighted by atomic mass is 32.2. The summed E-state index contributed by atoms with van der Waals surface area (Å²) in [5.74, 6) is 2.52. The Morgan fingerprint density at radius 2 is 2.09 bits per heavy atom. The molecule has 1 spiro atoms. The predicted molar refractivity (Wildman–Crippen MR) is 51.1 cm³/mol. The fourth-order valence-corrected chi connectivity index (χ4v) is 4.78. The van der Waals surface area contributed by atoms with Crippen molar-refractivity contribution in [2.75, 3.05) is 24.7 Å². The molecule has 0 radical (unpaired) electrons. The Hall–Kier alpha value is 0.620. The molecular formula is C7H13NOS2. The topological polar surface area (TPSA) is 35.2 Å². The average Bonchev–Trinajstić information content (AvgIpc) is 2.46. The van der Waals surface area contributed by atoms with E-state index >= 15 is 0 Å². The molecule has 0 bridgehead atoms. The van der Waals surface area contributed by atoms with Crippen LogP contribution in [-0.4, -0.2) is 34.8 Å². The second-order valence-corrected chi connectivity index (χ2v) is 6.05. The van der Waals surface area contributed by atoms with Crippen LogP contribution in [0.3, 0.4) is 0 Å². The summed E-state index contributed by atoms with van der Waals surface area (Å²) in [6, 6.07) is 0.244. The fourth-order valence-electron chi connectivity index (χ4n) is 1.57. The Labute approximate surface area is 75.6 Å². The van der Waals surface area contributed by atoms with Gasteiger partial charge in [-0.25, -0.2) is 0 Å². The second-order valence-electron chi connectivity index (χ2n) is 2.94. The molecule has 2 aliphatic heterocycles. The fraction of sp³-hybridized carbons (Fsp3) is 1.00. The lowest BCUT2D eigenvalue weighted by Gasteiger charge is -2.37. The molecule has 0 aromatic rings. The summed E-state index contributed by atoms with van der Waals surface area (Å²) in [7, 11) is 0. The van der Waals surface area contributed by atoms with Crippen molar-refractivity contribution in [1.82, 2.24) is 0 Å². The van der Waals surface area contributed by atoms with E-state index in [1.54, 1.807) is 0 Å². The molecule has 2 aliphatic rings. The van der Waals surface area contributed by atoms with Crippen LogP contribution in [0, 0.1) is 0 Å². The van der Waals surface area contributed by atoms with Crippen molar-refractivity contribution in [3.8, 4) is 0 Å². The Balaban J connectivity index is 2.07. The molecule has 0 amide bonds. The molecule has 0 saturated carbocycles. The van der Waals surface area contributed by atoms with Crippen molar-refractivity contribution < 1.29 is 4.74 Å². The van der Waals surface area contributed by atoms with Crippen LogP contribution < -0.4 is 5.73 Å². The maximum Gasteiger partial charge on any atom is 0.0805 e. The smallest absolute Gasteiger partial charge is 0.0805 e. The lowest BCUT2D eigenvalue weighted by atomic mass is 10.3. The molecule has 1 atom stereocenters. The first-order chi connectivity index (χ1) is 5.33. The van der Waals surface area contributed by atoms with Crippen molar-refractivity contribution in [2.45, 2.75) is 16.5 Å². The zero-order valence-electron chi connectivity index (χ0n) is 6.41. The van der Waals surface area contributed by atoms with Gasteiger partial charge in [-0.15, -0.1) is 23.5 Å². The molecular weight excluding hydrogens is 179 g/mol. The van der Waals surface area contributed by atoms with E-state index in [4.69, 9.17) is 10.5 Å². The first-order valence-corrected chi connectivity index (χ1v) is 5.92. The molecule has 0 aliphatic carbocycles. The van der Waals surface area contributed by atoms with E-state index in [2.05, 4.69) is 0 Å². The second kappa shape index (κ2) is 3.17. The van der Waals surface area contributed by atoms with E-state index in [1.807, 2.05) is 23.5 Å². The van der Waals surface area contributed by atoms with Crippen LogP contribution >= 0.6 is 23.5 Å². The molecule has 4 heteroatoms. The van der Waals surface area contributed by atoms with E-state index in [-0.39, 0.29) is 6.04 Å². The van der Waals surface area contributed by atoms with Gasteiger partial charge in [0.1, 0.15) is 0 Å². The lowest BCUT2D eigenvalue weighted by molar-refractivity contribution is 0.0801. The maximum absolute atomic E-state index is 6.01. The third kappa shape index (κ3) is 1.41. The number of hydrogen-bond acceptors (Lipinski definition) is 4. The quantitative estimate of drug-likeness (QED) is 0.579. The van der Waals surface area contributed by atoms with Gasteiger partial charge in [0.25, 0.3) is 0 Å². The molecule has 11 heavy (non-hydrogen) atoms. The zero-order chi connectivity index (χ0) is 7.73. The van der Waals surface area contributed by atoms with E-state index in [0.29, 0.717) is 4.08 Å². The number of nitrogens with two attached hydrogens (primary N) is 1. The SMILES string of the molecule is NC1COCC[13C]12SCCS2. The predicted octanol–water partition coefficient (Wildman–Crippen LogP) is 0.910. The van der Waals surface area contributed by atoms with Gasteiger partial charge in [0, 0.05) is 18.1 Å². The highest BCUT2D eigenvalue weighted by molar-refractivity contribution is 8.21. The van der Waals surface area contributed by atoms with Crippen molar-refractivity contribution >= 4 is 23.5 Å². The van der Waals surface area contributed by atoms with Crippen molar-refractivity contribution in [3.05, 3.63) is 0 Å². The van der Waals surface area contributed by atoms with Crippen molar-refractivity contribution in [3.63, 3.8) is 0 Å². The molecule has 1 unspecified atom stereocenters. The molecule has 0 aromatic carbocycles. The van der Waals surface area contributed by atoms with Gasteiger partial charge in [-0.2, -0.15) is 0 Å². The highest BCUT2D eigenvalue weighted by Gasteiger charge is 2.43. The van der Waals surface area contributed by atoms with Crippen molar-refractivity contribution in [2.24, 2.45) is 5.73 Å². The van der Waals surface area contributed by atoms with Gasteiger partial charge in [-0.05, 0) is 6.42 Å². The number of rotatable bonds is 0. The van der Waals surface area contributed by atoms with Crippen molar-refractivity contribution in [1.29, 1.82) is 0 Å². The largest absolute Gasteiger partial charge is 0.380 e. The van der Waals surface area contributed by atoms with Crippen LogP contribution in [0.15, 0.2) is 0 Å². The third-order valence-corrected chi connectivity index (χ3v) is 6.01. The van der Waals surface area contributed by atoms with Gasteiger partial charge in [0.15, 0.2) is 0 Å². The third-order valence-electron chi connectivity index (χ3n) is 2.23. The Bertz CT molecular complexity index is 147. The molecule has 2 saturated heterocycles. The summed E-state index contributed by atoms with van der Waals surface area (Å²) in [6.07, 6.45) is 1.13. The molecule has 2 N–H and O–H groups in total. The molecule has 2 nitrogen and oxygen atoms in total. The Morgan fingerprint density at radius 1 is 1.36 bits per heavy atom. The summed E-state index contributed by atoms with van der Waals surface area (Å²) in [5.41, 5.74) is 6.01. The first kappa shape index (κ1) is 8.23. The average molecular weight is 192 g/mol. The van der Waals surface area contributed by atoms with Crippen LogP contribution in [0.1, 0.15) is 6.42 Å². The zero-order valence-corrected chi connectivity index (χ0v) is 8.05. The van der Waals surface area contributed by atoms with Gasteiger partial charge in [0.2, 0.25) is 0 Å². The van der Waals surface area contributed by atoms with E-state index < -0.39 is 0 Å². The minimum atomic E-state index is 0.244. The summed E-state index contributed by atoms with van der Waals surface area (Å²) < 4.78 is 5.63. The minimum absolute atomic E-state index is 0.244. The number of hydrogen-bond donors (Lipinski definition) is 1. The lowest BCUT2D eigenvalue weighted by Crippen LogP contribution is -2.49. The highest BCUT2D eigenvalue weighted by Crippen LogP contribution is 2.49. The van der Waals surface area contributed by atoms with E-state index in [9.17, 15) is 0 Å². The van der Waals surface area contributed by atoms with E-state index in [1.165, 1.54) is 11.5 Å². The van der Waals surface area contributed by atoms with Crippen LogP contribution in [-0.2, 0) is 4.74 Å². The number of thioether (sulfide) groups is 2. The van der Waals surface area contributed by atoms with Crippen LogP contribution in [0.2, 0.25) is 0 Å². The number of ether oxygens (including phenoxy) is 1. The standard InChI is InChI=1S/C7H13NOS2/c8-6-5-9-2-1-7(6)10-3-4-11-7/h6H,1-5,8H2/i7+1. The Kier molecular flexibility index (Phi) is 2.37. The molecule has 64 valence electrons. The summed E-state index contributed by atoms with van der Waals surface area (Å²) in [6.45, 7) is 1.65. The summed E-state index contributed by atoms with van der Waals surface area (Å²) in [4.78, 5) is 0. The Morgan fingerprint density at radius 3 is 2.73 bits per heavy atom. The normalized spacial score (nSPS) is 36.3. The first-order valence-electron chi connectivity index (χ1n) is 3.95. The minimum Gasteiger partial charge on any atom is -0.380 e.